The Morgan fingerprint density at radius 2 is 2.05 bits per heavy atom. The van der Waals surface area contributed by atoms with Crippen molar-refractivity contribution in [3.05, 3.63) is 50.6 Å². The van der Waals surface area contributed by atoms with Crippen molar-refractivity contribution in [2.45, 2.75) is 18.0 Å². The average molecular weight is 389 g/mol. The van der Waals surface area contributed by atoms with Gasteiger partial charge in [0, 0.05) is 34.9 Å². The van der Waals surface area contributed by atoms with E-state index < -0.39 is 10.0 Å². The molecule has 1 aromatic heterocycles. The highest BCUT2D eigenvalue weighted by atomic mass is 79.9. The SMILES string of the molecule is CNCc1ccccc1S(=O)(=O)N(C)Cc1cc(Br)cs1. The van der Waals surface area contributed by atoms with Crippen LogP contribution in [-0.2, 0) is 23.1 Å². The van der Waals surface area contributed by atoms with Crippen molar-refractivity contribution in [1.29, 1.82) is 0 Å². The molecule has 1 N–H and O–H groups in total. The number of nitrogens with zero attached hydrogens (tertiary/aromatic N) is 1. The molecule has 21 heavy (non-hydrogen) atoms. The summed E-state index contributed by atoms with van der Waals surface area (Å²) in [5.41, 5.74) is 0.777. The van der Waals surface area contributed by atoms with Gasteiger partial charge >= 0.3 is 0 Å². The van der Waals surface area contributed by atoms with E-state index in [0.717, 1.165) is 14.9 Å². The first-order chi connectivity index (χ1) is 9.95. The van der Waals surface area contributed by atoms with E-state index in [4.69, 9.17) is 0 Å². The van der Waals surface area contributed by atoms with E-state index in [1.807, 2.05) is 23.6 Å². The van der Waals surface area contributed by atoms with Crippen LogP contribution in [0.2, 0.25) is 0 Å². The molecule has 1 heterocycles. The Morgan fingerprint density at radius 3 is 2.67 bits per heavy atom. The van der Waals surface area contributed by atoms with Crippen molar-refractivity contribution in [2.24, 2.45) is 0 Å². The van der Waals surface area contributed by atoms with E-state index in [-0.39, 0.29) is 0 Å². The number of nitrogens with one attached hydrogen (secondary N) is 1. The van der Waals surface area contributed by atoms with Gasteiger partial charge in [0.25, 0.3) is 0 Å². The van der Waals surface area contributed by atoms with Gasteiger partial charge in [-0.3, -0.25) is 0 Å². The largest absolute Gasteiger partial charge is 0.316 e. The molecule has 1 aromatic carbocycles. The average Bonchev–Trinajstić information content (AvgIpc) is 2.85. The van der Waals surface area contributed by atoms with Crippen LogP contribution in [0.4, 0.5) is 0 Å². The van der Waals surface area contributed by atoms with Gasteiger partial charge in [-0.25, -0.2) is 8.42 Å². The Labute approximate surface area is 138 Å². The zero-order valence-corrected chi connectivity index (χ0v) is 15.1. The molecule has 0 radical (unpaired) electrons. The predicted molar refractivity (Wildman–Crippen MR) is 89.9 cm³/mol. The fourth-order valence-electron chi connectivity index (χ4n) is 2.00. The molecule has 0 saturated carbocycles. The molecule has 4 nitrogen and oxygen atoms in total. The molecule has 0 unspecified atom stereocenters. The van der Waals surface area contributed by atoms with Crippen LogP contribution >= 0.6 is 27.3 Å². The Hall–Kier alpha value is -0.730. The van der Waals surface area contributed by atoms with Gasteiger partial charge in [-0.2, -0.15) is 4.31 Å². The first kappa shape index (κ1) is 16.6. The molecule has 2 rings (SSSR count). The highest BCUT2D eigenvalue weighted by Gasteiger charge is 2.23. The van der Waals surface area contributed by atoms with Gasteiger partial charge in [0.1, 0.15) is 0 Å². The Balaban J connectivity index is 2.28. The summed E-state index contributed by atoms with van der Waals surface area (Å²) >= 11 is 4.92. The normalized spacial score (nSPS) is 12.0. The third-order valence-corrected chi connectivity index (χ3v) is 6.61. The van der Waals surface area contributed by atoms with Crippen LogP contribution < -0.4 is 5.32 Å². The summed E-state index contributed by atoms with van der Waals surface area (Å²) in [6.07, 6.45) is 0. The number of rotatable bonds is 6. The topological polar surface area (TPSA) is 49.4 Å². The lowest BCUT2D eigenvalue weighted by atomic mass is 10.2. The quantitative estimate of drug-likeness (QED) is 0.826. The molecule has 0 amide bonds. The molecule has 0 bridgehead atoms. The second-order valence-electron chi connectivity index (χ2n) is 4.63. The second kappa shape index (κ2) is 7.02. The van der Waals surface area contributed by atoms with E-state index in [0.29, 0.717) is 18.0 Å². The van der Waals surface area contributed by atoms with Gasteiger partial charge in [0.05, 0.1) is 4.90 Å². The van der Waals surface area contributed by atoms with Crippen LogP contribution in [0.15, 0.2) is 45.1 Å². The number of hydrogen-bond acceptors (Lipinski definition) is 4. The smallest absolute Gasteiger partial charge is 0.243 e. The Morgan fingerprint density at radius 1 is 1.33 bits per heavy atom. The molecular weight excluding hydrogens is 372 g/mol. The molecule has 0 spiro atoms. The first-order valence-corrected chi connectivity index (χ1v) is 9.48. The Kier molecular flexibility index (Phi) is 5.56. The second-order valence-corrected chi connectivity index (χ2v) is 8.56. The minimum Gasteiger partial charge on any atom is -0.316 e. The monoisotopic (exact) mass is 388 g/mol. The summed E-state index contributed by atoms with van der Waals surface area (Å²) in [5, 5.41) is 4.95. The van der Waals surface area contributed by atoms with E-state index in [9.17, 15) is 8.42 Å². The summed E-state index contributed by atoms with van der Waals surface area (Å²) in [4.78, 5) is 1.36. The lowest BCUT2D eigenvalue weighted by Crippen LogP contribution is -2.27. The molecule has 0 aliphatic rings. The van der Waals surface area contributed by atoms with Gasteiger partial charge in [-0.1, -0.05) is 18.2 Å². The van der Waals surface area contributed by atoms with Crippen LogP contribution in [0.3, 0.4) is 0 Å². The summed E-state index contributed by atoms with van der Waals surface area (Å²) in [7, 11) is -0.0840. The van der Waals surface area contributed by atoms with Crippen molar-refractivity contribution in [1.82, 2.24) is 9.62 Å². The highest BCUT2D eigenvalue weighted by Crippen LogP contribution is 2.24. The fourth-order valence-corrected chi connectivity index (χ4v) is 4.95. The van der Waals surface area contributed by atoms with E-state index in [1.54, 1.807) is 26.2 Å². The molecule has 0 aliphatic heterocycles. The van der Waals surface area contributed by atoms with Crippen LogP contribution in [0.5, 0.6) is 0 Å². The van der Waals surface area contributed by atoms with Gasteiger partial charge in [0.2, 0.25) is 10.0 Å². The zero-order valence-electron chi connectivity index (χ0n) is 11.8. The number of halogens is 1. The first-order valence-electron chi connectivity index (χ1n) is 6.37. The van der Waals surface area contributed by atoms with Crippen LogP contribution in [0, 0.1) is 0 Å². The summed E-state index contributed by atoms with van der Waals surface area (Å²) in [6.45, 7) is 0.889. The summed E-state index contributed by atoms with van der Waals surface area (Å²) in [6, 6.07) is 9.03. The lowest BCUT2D eigenvalue weighted by Gasteiger charge is -2.18. The third kappa shape index (κ3) is 3.92. The number of hydrogen-bond donors (Lipinski definition) is 1. The molecule has 114 valence electrons. The molecule has 0 fully saturated rings. The molecule has 7 heteroatoms. The molecule has 2 aromatic rings. The zero-order chi connectivity index (χ0) is 15.5. The predicted octanol–water partition coefficient (Wildman–Crippen LogP) is 3.05. The van der Waals surface area contributed by atoms with Crippen molar-refractivity contribution < 1.29 is 8.42 Å². The minimum atomic E-state index is -3.50. The van der Waals surface area contributed by atoms with Crippen molar-refractivity contribution >= 4 is 37.3 Å². The summed E-state index contributed by atoms with van der Waals surface area (Å²) < 4.78 is 27.8. The van der Waals surface area contributed by atoms with Crippen LogP contribution in [0.25, 0.3) is 0 Å². The standard InChI is InChI=1S/C14H17BrN2O2S2/c1-16-8-11-5-3-4-6-14(11)21(18,19)17(2)9-13-7-12(15)10-20-13/h3-7,10,16H,8-9H2,1-2H3. The van der Waals surface area contributed by atoms with E-state index in [2.05, 4.69) is 21.2 Å². The molecule has 0 saturated heterocycles. The fraction of sp³-hybridized carbons (Fsp3) is 0.286. The third-order valence-electron chi connectivity index (χ3n) is 3.03. The van der Waals surface area contributed by atoms with Gasteiger partial charge in [-0.05, 0) is 40.7 Å². The molecule has 0 aliphatic carbocycles. The van der Waals surface area contributed by atoms with Gasteiger partial charge < -0.3 is 5.32 Å². The van der Waals surface area contributed by atoms with Crippen LogP contribution in [0.1, 0.15) is 10.4 Å². The molecular formula is C14H17BrN2O2S2. The maximum absolute atomic E-state index is 12.7. The number of thiophene rings is 1. The van der Waals surface area contributed by atoms with Gasteiger partial charge in [-0.15, -0.1) is 11.3 Å². The number of benzene rings is 1. The number of sulfonamides is 1. The maximum Gasteiger partial charge on any atom is 0.243 e. The molecule has 0 atom stereocenters. The summed E-state index contributed by atoms with van der Waals surface area (Å²) in [5.74, 6) is 0. The Bertz CT molecular complexity index is 713. The minimum absolute atomic E-state index is 0.359. The highest BCUT2D eigenvalue weighted by molar-refractivity contribution is 9.10. The van der Waals surface area contributed by atoms with Gasteiger partial charge in [0.15, 0.2) is 0 Å². The van der Waals surface area contributed by atoms with Crippen molar-refractivity contribution in [3.63, 3.8) is 0 Å². The van der Waals surface area contributed by atoms with E-state index >= 15 is 0 Å². The van der Waals surface area contributed by atoms with E-state index in [1.165, 1.54) is 15.6 Å². The van der Waals surface area contributed by atoms with Crippen molar-refractivity contribution in [3.8, 4) is 0 Å². The lowest BCUT2D eigenvalue weighted by molar-refractivity contribution is 0.468. The van der Waals surface area contributed by atoms with Crippen LogP contribution in [-0.4, -0.2) is 26.8 Å². The maximum atomic E-state index is 12.7. The van der Waals surface area contributed by atoms with Crippen molar-refractivity contribution in [2.75, 3.05) is 14.1 Å².